The second-order valence-corrected chi connectivity index (χ2v) is 5.84. The van der Waals surface area contributed by atoms with E-state index in [0.29, 0.717) is 22.3 Å². The number of alkyl halides is 5. The van der Waals surface area contributed by atoms with Crippen molar-refractivity contribution in [1.82, 2.24) is 29.5 Å². The third kappa shape index (κ3) is 3.32. The lowest BCUT2D eigenvalue weighted by atomic mass is 10.2. The van der Waals surface area contributed by atoms with Crippen LogP contribution in [0.15, 0.2) is 30.7 Å². The fourth-order valence-electron chi connectivity index (χ4n) is 2.71. The number of aromatic nitrogens is 6. The van der Waals surface area contributed by atoms with Crippen molar-refractivity contribution in [3.05, 3.63) is 42.2 Å². The highest BCUT2D eigenvalue weighted by Crippen LogP contribution is 2.28. The Hall–Kier alpha value is -3.11. The van der Waals surface area contributed by atoms with Gasteiger partial charge in [-0.15, -0.1) is 0 Å². The minimum atomic E-state index is -4.29. The van der Waals surface area contributed by atoms with Gasteiger partial charge in [0.1, 0.15) is 17.2 Å². The SMILES string of the molecule is FC(F)c1cnc2ccc(-c3c[nH]c4nc(CCC(F)(F)F)ncc34)nn12. The molecule has 4 heterocycles. The molecular weight excluding hydrogens is 371 g/mol. The molecule has 0 aliphatic heterocycles. The van der Waals surface area contributed by atoms with Crippen LogP contribution in [0.25, 0.3) is 27.9 Å². The number of nitrogens with one attached hydrogen (secondary N) is 1. The summed E-state index contributed by atoms with van der Waals surface area (Å²) in [5.74, 6) is 0.0613. The summed E-state index contributed by atoms with van der Waals surface area (Å²) in [6.07, 6.45) is -4.35. The van der Waals surface area contributed by atoms with Gasteiger partial charge in [0.25, 0.3) is 6.43 Å². The number of hydrogen-bond donors (Lipinski definition) is 1. The first-order valence-electron chi connectivity index (χ1n) is 7.85. The van der Waals surface area contributed by atoms with Crippen LogP contribution in [-0.4, -0.2) is 35.7 Å². The number of nitrogens with zero attached hydrogens (tertiary/aromatic N) is 5. The summed E-state index contributed by atoms with van der Waals surface area (Å²) in [5.41, 5.74) is 1.21. The van der Waals surface area contributed by atoms with E-state index in [-0.39, 0.29) is 23.6 Å². The van der Waals surface area contributed by atoms with E-state index in [1.54, 1.807) is 18.3 Å². The Balaban J connectivity index is 1.72. The van der Waals surface area contributed by atoms with Gasteiger partial charge in [0.05, 0.1) is 18.3 Å². The average Bonchev–Trinajstić information content (AvgIpc) is 3.22. The standard InChI is InChI=1S/C16H11F5N6/c17-14(18)11-7-23-13-2-1-10(26-27(11)13)8-5-24-15-9(8)6-22-12(25-15)3-4-16(19,20)21/h1-2,5-7,14H,3-4H2,(H,22,24,25). The van der Waals surface area contributed by atoms with Crippen LogP contribution in [-0.2, 0) is 6.42 Å². The van der Waals surface area contributed by atoms with Crippen LogP contribution in [0.2, 0.25) is 0 Å². The minimum Gasteiger partial charge on any atom is -0.345 e. The summed E-state index contributed by atoms with van der Waals surface area (Å²) in [5, 5.41) is 4.71. The molecule has 0 aliphatic carbocycles. The molecule has 0 saturated carbocycles. The van der Waals surface area contributed by atoms with Crippen molar-refractivity contribution in [2.24, 2.45) is 0 Å². The highest BCUT2D eigenvalue weighted by molar-refractivity contribution is 5.91. The number of fused-ring (bicyclic) bond motifs is 2. The van der Waals surface area contributed by atoms with Crippen molar-refractivity contribution in [1.29, 1.82) is 0 Å². The molecule has 140 valence electrons. The summed E-state index contributed by atoms with van der Waals surface area (Å²) in [7, 11) is 0. The topological polar surface area (TPSA) is 71.8 Å². The Morgan fingerprint density at radius 1 is 1.11 bits per heavy atom. The van der Waals surface area contributed by atoms with Crippen LogP contribution < -0.4 is 0 Å². The summed E-state index contributed by atoms with van der Waals surface area (Å²) in [4.78, 5) is 14.8. The molecule has 6 nitrogen and oxygen atoms in total. The summed E-state index contributed by atoms with van der Waals surface area (Å²) in [6, 6.07) is 3.16. The Morgan fingerprint density at radius 2 is 1.93 bits per heavy atom. The van der Waals surface area contributed by atoms with Gasteiger partial charge >= 0.3 is 6.18 Å². The third-order valence-corrected chi connectivity index (χ3v) is 4.00. The smallest absolute Gasteiger partial charge is 0.345 e. The normalized spacial score (nSPS) is 12.5. The average molecular weight is 382 g/mol. The number of halogens is 5. The number of imidazole rings is 1. The van der Waals surface area contributed by atoms with Gasteiger partial charge in [-0.1, -0.05) is 0 Å². The fourth-order valence-corrected chi connectivity index (χ4v) is 2.71. The van der Waals surface area contributed by atoms with E-state index in [1.165, 1.54) is 6.20 Å². The van der Waals surface area contributed by atoms with Gasteiger partial charge in [0.15, 0.2) is 5.65 Å². The van der Waals surface area contributed by atoms with Crippen LogP contribution in [0.4, 0.5) is 22.0 Å². The van der Waals surface area contributed by atoms with Crippen molar-refractivity contribution < 1.29 is 22.0 Å². The molecule has 0 aromatic carbocycles. The molecular formula is C16H11F5N6. The minimum absolute atomic E-state index is 0.0613. The Bertz CT molecular complexity index is 1110. The van der Waals surface area contributed by atoms with Crippen molar-refractivity contribution in [3.63, 3.8) is 0 Å². The van der Waals surface area contributed by atoms with E-state index in [0.717, 1.165) is 10.7 Å². The second-order valence-electron chi connectivity index (χ2n) is 5.84. The lowest BCUT2D eigenvalue weighted by Gasteiger charge is -2.05. The molecule has 4 aromatic heterocycles. The first-order valence-corrected chi connectivity index (χ1v) is 7.85. The maximum atomic E-state index is 13.1. The van der Waals surface area contributed by atoms with Crippen molar-refractivity contribution in [2.45, 2.75) is 25.4 Å². The maximum Gasteiger partial charge on any atom is 0.389 e. The van der Waals surface area contributed by atoms with E-state index in [1.807, 2.05) is 0 Å². The van der Waals surface area contributed by atoms with E-state index in [9.17, 15) is 22.0 Å². The molecule has 11 heteroatoms. The number of H-pyrrole nitrogens is 1. The van der Waals surface area contributed by atoms with E-state index in [2.05, 4.69) is 25.0 Å². The molecule has 0 spiro atoms. The van der Waals surface area contributed by atoms with Crippen LogP contribution in [0, 0.1) is 0 Å². The third-order valence-electron chi connectivity index (χ3n) is 4.00. The Kier molecular flexibility index (Phi) is 4.01. The number of aromatic amines is 1. The van der Waals surface area contributed by atoms with E-state index < -0.39 is 19.0 Å². The van der Waals surface area contributed by atoms with Gasteiger partial charge in [-0.05, 0) is 12.1 Å². The summed E-state index contributed by atoms with van der Waals surface area (Å²) < 4.78 is 64.2. The van der Waals surface area contributed by atoms with Crippen molar-refractivity contribution >= 4 is 16.7 Å². The molecule has 0 aliphatic rings. The highest BCUT2D eigenvalue weighted by Gasteiger charge is 2.27. The molecule has 0 saturated heterocycles. The fraction of sp³-hybridized carbons (Fsp3) is 0.250. The van der Waals surface area contributed by atoms with Gasteiger partial charge in [0, 0.05) is 29.8 Å². The highest BCUT2D eigenvalue weighted by atomic mass is 19.4. The van der Waals surface area contributed by atoms with Crippen molar-refractivity contribution in [3.8, 4) is 11.3 Å². The van der Waals surface area contributed by atoms with Gasteiger partial charge in [-0.2, -0.15) is 18.3 Å². The Labute approximate surface area is 148 Å². The molecule has 0 amide bonds. The van der Waals surface area contributed by atoms with E-state index >= 15 is 0 Å². The van der Waals surface area contributed by atoms with Crippen LogP contribution in [0.1, 0.15) is 24.4 Å². The van der Waals surface area contributed by atoms with Crippen LogP contribution in [0.5, 0.6) is 0 Å². The summed E-state index contributed by atoms with van der Waals surface area (Å²) in [6.45, 7) is 0. The predicted molar refractivity (Wildman–Crippen MR) is 85.2 cm³/mol. The van der Waals surface area contributed by atoms with Gasteiger partial charge in [0.2, 0.25) is 0 Å². The Morgan fingerprint density at radius 3 is 2.67 bits per heavy atom. The molecule has 0 atom stereocenters. The van der Waals surface area contributed by atoms with Crippen LogP contribution in [0.3, 0.4) is 0 Å². The molecule has 1 N–H and O–H groups in total. The zero-order valence-corrected chi connectivity index (χ0v) is 13.5. The number of rotatable bonds is 4. The monoisotopic (exact) mass is 382 g/mol. The zero-order valence-electron chi connectivity index (χ0n) is 13.5. The zero-order chi connectivity index (χ0) is 19.2. The van der Waals surface area contributed by atoms with Crippen molar-refractivity contribution in [2.75, 3.05) is 0 Å². The molecule has 0 bridgehead atoms. The lowest BCUT2D eigenvalue weighted by Crippen LogP contribution is -2.10. The quantitative estimate of drug-likeness (QED) is 0.540. The molecule has 27 heavy (non-hydrogen) atoms. The maximum absolute atomic E-state index is 13.1. The second kappa shape index (κ2) is 6.25. The van der Waals surface area contributed by atoms with Gasteiger partial charge in [-0.25, -0.2) is 28.2 Å². The van der Waals surface area contributed by atoms with E-state index in [4.69, 9.17) is 0 Å². The molecule has 0 fully saturated rings. The predicted octanol–water partition coefficient (Wildman–Crippen LogP) is 4.10. The molecule has 4 aromatic rings. The summed E-state index contributed by atoms with van der Waals surface area (Å²) >= 11 is 0. The molecule has 4 rings (SSSR count). The lowest BCUT2D eigenvalue weighted by molar-refractivity contribution is -0.134. The molecule has 0 radical (unpaired) electrons. The number of hydrogen-bond acceptors (Lipinski definition) is 4. The van der Waals surface area contributed by atoms with Gasteiger partial charge in [-0.3, -0.25) is 0 Å². The van der Waals surface area contributed by atoms with Gasteiger partial charge < -0.3 is 4.98 Å². The first-order chi connectivity index (χ1) is 12.8. The van der Waals surface area contributed by atoms with Crippen LogP contribution >= 0.6 is 0 Å². The number of aryl methyl sites for hydroxylation is 1. The molecule has 0 unspecified atom stereocenters. The first kappa shape index (κ1) is 17.3. The largest absolute Gasteiger partial charge is 0.389 e.